The van der Waals surface area contributed by atoms with Crippen molar-refractivity contribution in [2.45, 2.75) is 26.8 Å². The second-order valence-electron chi connectivity index (χ2n) is 6.35. The van der Waals surface area contributed by atoms with E-state index >= 15 is 0 Å². The van der Waals surface area contributed by atoms with Crippen LogP contribution in [0.4, 0.5) is 20.6 Å². The molecule has 0 aliphatic carbocycles. The number of benzene rings is 2. The van der Waals surface area contributed by atoms with Gasteiger partial charge in [-0.2, -0.15) is 0 Å². The number of rotatable bonds is 6. The van der Waals surface area contributed by atoms with Crippen LogP contribution in [0.1, 0.15) is 20.3 Å². The van der Waals surface area contributed by atoms with E-state index in [9.17, 15) is 9.18 Å². The molecule has 0 saturated carbocycles. The molecule has 3 rings (SSSR count). The Bertz CT molecular complexity index is 1010. The lowest BCUT2D eigenvalue weighted by Gasteiger charge is -2.12. The molecule has 0 aliphatic heterocycles. The van der Waals surface area contributed by atoms with Gasteiger partial charge in [0, 0.05) is 23.6 Å². The third kappa shape index (κ3) is 3.60. The fourth-order valence-corrected chi connectivity index (χ4v) is 3.23. The van der Waals surface area contributed by atoms with E-state index in [1.807, 2.05) is 36.6 Å². The smallest absolute Gasteiger partial charge is 0.411 e. The summed E-state index contributed by atoms with van der Waals surface area (Å²) in [6, 6.07) is 10.3. The van der Waals surface area contributed by atoms with Crippen LogP contribution < -0.4 is 15.8 Å². The summed E-state index contributed by atoms with van der Waals surface area (Å²) in [7, 11) is 1.61. The summed E-state index contributed by atoms with van der Waals surface area (Å²) in [6.45, 7) is 4.82. The van der Waals surface area contributed by atoms with E-state index in [4.69, 9.17) is 15.2 Å². The monoisotopic (exact) mass is 385 g/mol. The summed E-state index contributed by atoms with van der Waals surface area (Å²) < 4.78 is 26.9. The van der Waals surface area contributed by atoms with Crippen LogP contribution in [0.5, 0.6) is 5.75 Å². The van der Waals surface area contributed by atoms with Gasteiger partial charge in [-0.25, -0.2) is 9.18 Å². The number of carbonyl (C=O) groups excluding carboxylic acids is 1. The van der Waals surface area contributed by atoms with Gasteiger partial charge in [-0.05, 0) is 37.6 Å². The maximum atomic E-state index is 14.6. The Labute approximate surface area is 163 Å². The molecular formula is C21H24FN3O3. The quantitative estimate of drug-likeness (QED) is 0.625. The molecule has 0 bridgehead atoms. The molecule has 148 valence electrons. The molecule has 2 aromatic carbocycles. The van der Waals surface area contributed by atoms with Gasteiger partial charge in [-0.15, -0.1) is 0 Å². The van der Waals surface area contributed by atoms with Gasteiger partial charge in [0.15, 0.2) is 0 Å². The van der Waals surface area contributed by atoms with Crippen LogP contribution in [-0.4, -0.2) is 24.4 Å². The number of carbonyl (C=O) groups is 1. The first-order valence-corrected chi connectivity index (χ1v) is 9.19. The molecule has 3 N–H and O–H groups in total. The van der Waals surface area contributed by atoms with E-state index in [0.717, 1.165) is 22.3 Å². The maximum absolute atomic E-state index is 14.6. The van der Waals surface area contributed by atoms with Gasteiger partial charge in [-0.1, -0.05) is 13.0 Å². The standard InChI is InChI=1S/C21H24FN3O3/c1-4-10-28-21(26)24-17-9-6-13(11-16(17)22)20-19(23)15-8-7-14(27-3)12-18(15)25(20)5-2/h6-9,11-12H,4-5,10,23H2,1-3H3,(H,24,26). The van der Waals surface area contributed by atoms with E-state index in [-0.39, 0.29) is 12.3 Å². The Morgan fingerprint density at radius 3 is 2.64 bits per heavy atom. The average molecular weight is 385 g/mol. The number of halogens is 1. The van der Waals surface area contributed by atoms with Gasteiger partial charge in [-0.3, -0.25) is 5.32 Å². The van der Waals surface area contributed by atoms with Gasteiger partial charge >= 0.3 is 6.09 Å². The molecule has 0 spiro atoms. The van der Waals surface area contributed by atoms with E-state index in [0.29, 0.717) is 24.2 Å². The molecule has 1 amide bonds. The van der Waals surface area contributed by atoms with Crippen molar-refractivity contribution in [1.29, 1.82) is 0 Å². The molecule has 3 aromatic rings. The van der Waals surface area contributed by atoms with Crippen molar-refractivity contribution in [3.63, 3.8) is 0 Å². The minimum absolute atomic E-state index is 0.0595. The van der Waals surface area contributed by atoms with Crippen molar-refractivity contribution in [3.05, 3.63) is 42.2 Å². The number of amides is 1. The predicted octanol–water partition coefficient (Wildman–Crippen LogP) is 5.02. The van der Waals surface area contributed by atoms with Gasteiger partial charge < -0.3 is 19.8 Å². The minimum Gasteiger partial charge on any atom is -0.497 e. The number of aromatic nitrogens is 1. The van der Waals surface area contributed by atoms with Crippen LogP contribution in [0.3, 0.4) is 0 Å². The number of nitrogens with two attached hydrogens (primary N) is 1. The largest absolute Gasteiger partial charge is 0.497 e. The Kier molecular flexibility index (Phi) is 5.73. The van der Waals surface area contributed by atoms with Crippen LogP contribution in [0.15, 0.2) is 36.4 Å². The summed E-state index contributed by atoms with van der Waals surface area (Å²) in [5, 5.41) is 3.30. The Morgan fingerprint density at radius 1 is 1.21 bits per heavy atom. The Hall–Kier alpha value is -3.22. The van der Waals surface area contributed by atoms with Gasteiger partial charge in [0.1, 0.15) is 11.6 Å². The topological polar surface area (TPSA) is 78.5 Å². The van der Waals surface area contributed by atoms with Crippen molar-refractivity contribution in [1.82, 2.24) is 4.57 Å². The van der Waals surface area contributed by atoms with E-state index in [1.165, 1.54) is 12.1 Å². The number of hydrogen-bond acceptors (Lipinski definition) is 4. The Balaban J connectivity index is 2.01. The summed E-state index contributed by atoms with van der Waals surface area (Å²) in [5.41, 5.74) is 9.29. The second kappa shape index (κ2) is 8.21. The van der Waals surface area contributed by atoms with Crippen molar-refractivity contribution in [2.75, 3.05) is 24.8 Å². The zero-order valence-electron chi connectivity index (χ0n) is 16.2. The van der Waals surface area contributed by atoms with Crippen LogP contribution >= 0.6 is 0 Å². The molecule has 1 aromatic heterocycles. The molecule has 0 radical (unpaired) electrons. The average Bonchev–Trinajstić information content (AvgIpc) is 2.99. The lowest BCUT2D eigenvalue weighted by Crippen LogP contribution is -2.15. The highest BCUT2D eigenvalue weighted by Crippen LogP contribution is 2.38. The van der Waals surface area contributed by atoms with Crippen molar-refractivity contribution < 1.29 is 18.7 Å². The van der Waals surface area contributed by atoms with Crippen LogP contribution in [-0.2, 0) is 11.3 Å². The number of nitrogen functional groups attached to an aromatic ring is 1. The number of methoxy groups -OCH3 is 1. The molecule has 6 nitrogen and oxygen atoms in total. The van der Waals surface area contributed by atoms with Gasteiger partial charge in [0.05, 0.1) is 36.3 Å². The lowest BCUT2D eigenvalue weighted by atomic mass is 10.1. The van der Waals surface area contributed by atoms with Crippen LogP contribution in [0.25, 0.3) is 22.2 Å². The second-order valence-corrected chi connectivity index (χ2v) is 6.35. The number of anilines is 2. The highest BCUT2D eigenvalue weighted by atomic mass is 19.1. The Morgan fingerprint density at radius 2 is 2.00 bits per heavy atom. The zero-order valence-corrected chi connectivity index (χ0v) is 16.2. The number of nitrogens with one attached hydrogen (secondary N) is 1. The molecular weight excluding hydrogens is 361 g/mol. The number of aryl methyl sites for hydroxylation is 1. The minimum atomic E-state index is -0.678. The molecule has 0 saturated heterocycles. The van der Waals surface area contributed by atoms with Crippen molar-refractivity contribution in [2.24, 2.45) is 0 Å². The summed E-state index contributed by atoms with van der Waals surface area (Å²) in [4.78, 5) is 11.7. The van der Waals surface area contributed by atoms with Gasteiger partial charge in [0.25, 0.3) is 0 Å². The lowest BCUT2D eigenvalue weighted by molar-refractivity contribution is 0.161. The number of fused-ring (bicyclic) bond motifs is 1. The SMILES string of the molecule is CCCOC(=O)Nc1ccc(-c2c(N)c3ccc(OC)cc3n2CC)cc1F. The molecule has 0 atom stereocenters. The highest BCUT2D eigenvalue weighted by molar-refractivity contribution is 6.01. The fourth-order valence-electron chi connectivity index (χ4n) is 3.23. The fraction of sp³-hybridized carbons (Fsp3) is 0.286. The highest BCUT2D eigenvalue weighted by Gasteiger charge is 2.18. The molecule has 0 fully saturated rings. The number of hydrogen-bond donors (Lipinski definition) is 2. The summed E-state index contributed by atoms with van der Waals surface area (Å²) >= 11 is 0. The maximum Gasteiger partial charge on any atom is 0.411 e. The number of ether oxygens (including phenoxy) is 2. The van der Waals surface area contributed by atoms with E-state index < -0.39 is 11.9 Å². The first kappa shape index (κ1) is 19.5. The summed E-state index contributed by atoms with van der Waals surface area (Å²) in [6.07, 6.45) is 0.0169. The zero-order chi connectivity index (χ0) is 20.3. The molecule has 1 heterocycles. The van der Waals surface area contributed by atoms with E-state index in [1.54, 1.807) is 13.2 Å². The van der Waals surface area contributed by atoms with Crippen molar-refractivity contribution >= 4 is 28.4 Å². The van der Waals surface area contributed by atoms with Gasteiger partial charge in [0.2, 0.25) is 0 Å². The van der Waals surface area contributed by atoms with E-state index in [2.05, 4.69) is 5.32 Å². The third-order valence-corrected chi connectivity index (χ3v) is 4.54. The van der Waals surface area contributed by atoms with Crippen LogP contribution in [0.2, 0.25) is 0 Å². The van der Waals surface area contributed by atoms with Crippen molar-refractivity contribution in [3.8, 4) is 17.0 Å². The van der Waals surface area contributed by atoms with Crippen LogP contribution in [0, 0.1) is 5.82 Å². The summed E-state index contributed by atoms with van der Waals surface area (Å²) in [5.74, 6) is 0.165. The predicted molar refractivity (Wildman–Crippen MR) is 109 cm³/mol. The molecule has 28 heavy (non-hydrogen) atoms. The first-order valence-electron chi connectivity index (χ1n) is 9.19. The third-order valence-electron chi connectivity index (χ3n) is 4.54. The normalized spacial score (nSPS) is 10.9. The molecule has 0 aliphatic rings. The first-order chi connectivity index (χ1) is 13.5. The molecule has 0 unspecified atom stereocenters. The number of nitrogens with zero attached hydrogens (tertiary/aromatic N) is 1. The molecule has 7 heteroatoms.